The molecular weight excluding hydrogens is 182 g/mol. The molecule has 0 aliphatic rings. The average molecular weight is 189 g/mol. The molecule has 0 aromatic carbocycles. The van der Waals surface area contributed by atoms with Crippen molar-refractivity contribution in [3.63, 3.8) is 0 Å². The lowest BCUT2D eigenvalue weighted by molar-refractivity contribution is 0.195. The van der Waals surface area contributed by atoms with Gasteiger partial charge in [-0.3, -0.25) is 0 Å². The van der Waals surface area contributed by atoms with Gasteiger partial charge in [0.2, 0.25) is 0 Å². The molecule has 0 atom stereocenters. The van der Waals surface area contributed by atoms with Crippen LogP contribution < -0.4 is 0 Å². The largest absolute Gasteiger partial charge is 0.445 e. The molecule has 0 rings (SSSR count). The minimum atomic E-state index is -0.368. The standard InChI is InChI=1S/C6H7NO2S2/c1-2-3-11-6(8)9-5-10-4-7/h2H,1,3,5H2. The highest BCUT2D eigenvalue weighted by molar-refractivity contribution is 8.13. The molecule has 0 fully saturated rings. The first-order chi connectivity index (χ1) is 5.31. The molecule has 0 radical (unpaired) electrons. The van der Waals surface area contributed by atoms with Crippen LogP contribution in [0.3, 0.4) is 0 Å². The third-order valence-electron chi connectivity index (χ3n) is 0.619. The number of nitrogens with zero attached hydrogens (tertiary/aromatic N) is 1. The summed E-state index contributed by atoms with van der Waals surface area (Å²) in [6, 6.07) is 0. The zero-order valence-electron chi connectivity index (χ0n) is 5.78. The smallest absolute Gasteiger partial charge is 0.368 e. The summed E-state index contributed by atoms with van der Waals surface area (Å²) < 4.78 is 4.60. The van der Waals surface area contributed by atoms with Crippen molar-refractivity contribution in [1.29, 1.82) is 5.26 Å². The molecule has 0 aliphatic carbocycles. The van der Waals surface area contributed by atoms with Crippen molar-refractivity contribution in [2.45, 2.75) is 0 Å². The molecule has 0 aliphatic heterocycles. The van der Waals surface area contributed by atoms with Gasteiger partial charge in [0.05, 0.1) is 0 Å². The number of carbonyl (C=O) groups is 1. The zero-order valence-corrected chi connectivity index (χ0v) is 7.41. The van der Waals surface area contributed by atoms with E-state index in [1.165, 1.54) is 0 Å². The lowest BCUT2D eigenvalue weighted by Gasteiger charge is -1.97. The van der Waals surface area contributed by atoms with Crippen LogP contribution in [0, 0.1) is 10.7 Å². The second-order valence-electron chi connectivity index (χ2n) is 1.35. The summed E-state index contributed by atoms with van der Waals surface area (Å²) in [5, 5.41) is 9.48. The lowest BCUT2D eigenvalue weighted by Crippen LogP contribution is -1.96. The number of hydrogen-bond acceptors (Lipinski definition) is 5. The first-order valence-electron chi connectivity index (χ1n) is 2.72. The highest BCUT2D eigenvalue weighted by atomic mass is 32.2. The Morgan fingerprint density at radius 2 is 2.55 bits per heavy atom. The summed E-state index contributed by atoms with van der Waals surface area (Å²) in [6.45, 7) is 3.44. The fourth-order valence-corrected chi connectivity index (χ4v) is 0.962. The number of rotatable bonds is 4. The summed E-state index contributed by atoms with van der Waals surface area (Å²) in [5.74, 6) is 0.634. The van der Waals surface area contributed by atoms with Crippen LogP contribution in [0.2, 0.25) is 0 Å². The third kappa shape index (κ3) is 7.30. The molecule has 11 heavy (non-hydrogen) atoms. The third-order valence-corrected chi connectivity index (χ3v) is 1.74. The van der Waals surface area contributed by atoms with E-state index in [0.717, 1.165) is 23.5 Å². The highest BCUT2D eigenvalue weighted by Crippen LogP contribution is 2.07. The van der Waals surface area contributed by atoms with Crippen LogP contribution in [0.1, 0.15) is 0 Å². The van der Waals surface area contributed by atoms with Crippen molar-refractivity contribution in [2.24, 2.45) is 0 Å². The maximum Gasteiger partial charge on any atom is 0.368 e. The Hall–Kier alpha value is -0.600. The summed E-state index contributed by atoms with van der Waals surface area (Å²) in [4.78, 5) is 10.6. The quantitative estimate of drug-likeness (QED) is 0.223. The molecule has 60 valence electrons. The molecular formula is C6H7NO2S2. The van der Waals surface area contributed by atoms with Crippen LogP contribution in [-0.4, -0.2) is 17.0 Å². The van der Waals surface area contributed by atoms with E-state index in [-0.39, 0.29) is 11.2 Å². The molecule has 5 heteroatoms. The van der Waals surface area contributed by atoms with Gasteiger partial charge in [-0.15, -0.1) is 6.58 Å². The van der Waals surface area contributed by atoms with Gasteiger partial charge in [-0.25, -0.2) is 4.79 Å². The SMILES string of the molecule is C=CCSC(=O)OCSC#N. The number of thioether (sulfide) groups is 2. The summed E-state index contributed by atoms with van der Waals surface area (Å²) in [5.41, 5.74) is 0. The number of carbonyl (C=O) groups excluding carboxylic acids is 1. The molecule has 0 saturated carbocycles. The summed E-state index contributed by atoms with van der Waals surface area (Å²) in [6.07, 6.45) is 1.61. The number of nitriles is 1. The van der Waals surface area contributed by atoms with Crippen molar-refractivity contribution in [1.82, 2.24) is 0 Å². The Morgan fingerprint density at radius 1 is 1.82 bits per heavy atom. The second kappa shape index (κ2) is 7.51. The minimum Gasteiger partial charge on any atom is -0.445 e. The van der Waals surface area contributed by atoms with Gasteiger partial charge in [0.25, 0.3) is 0 Å². The fourth-order valence-electron chi connectivity index (χ4n) is 0.273. The Balaban J connectivity index is 3.24. The maximum absolute atomic E-state index is 10.6. The van der Waals surface area contributed by atoms with E-state index in [1.807, 2.05) is 0 Å². The van der Waals surface area contributed by atoms with Crippen LogP contribution >= 0.6 is 23.5 Å². The van der Waals surface area contributed by atoms with E-state index in [1.54, 1.807) is 11.5 Å². The zero-order chi connectivity index (χ0) is 8.53. The first-order valence-corrected chi connectivity index (χ1v) is 4.69. The molecule has 0 N–H and O–H groups in total. The molecule has 0 spiro atoms. The number of ether oxygens (including phenoxy) is 1. The summed E-state index contributed by atoms with van der Waals surface area (Å²) >= 11 is 1.92. The second-order valence-corrected chi connectivity index (χ2v) is 3.01. The fraction of sp³-hybridized carbons (Fsp3) is 0.333. The Morgan fingerprint density at radius 3 is 3.09 bits per heavy atom. The molecule has 0 heterocycles. The van der Waals surface area contributed by atoms with E-state index < -0.39 is 0 Å². The van der Waals surface area contributed by atoms with Crippen molar-refractivity contribution in [2.75, 3.05) is 11.7 Å². The Kier molecular flexibility index (Phi) is 7.10. The van der Waals surface area contributed by atoms with E-state index >= 15 is 0 Å². The highest BCUT2D eigenvalue weighted by Gasteiger charge is 2.00. The monoisotopic (exact) mass is 189 g/mol. The molecule has 3 nitrogen and oxygen atoms in total. The molecule has 0 amide bonds. The van der Waals surface area contributed by atoms with Gasteiger partial charge < -0.3 is 4.74 Å². The van der Waals surface area contributed by atoms with Crippen LogP contribution in [-0.2, 0) is 4.74 Å². The van der Waals surface area contributed by atoms with E-state index in [0.29, 0.717) is 5.75 Å². The topological polar surface area (TPSA) is 50.1 Å². The minimum absolute atomic E-state index is 0.0967. The maximum atomic E-state index is 10.6. The van der Waals surface area contributed by atoms with Gasteiger partial charge in [-0.1, -0.05) is 6.08 Å². The van der Waals surface area contributed by atoms with Crippen molar-refractivity contribution >= 4 is 28.8 Å². The van der Waals surface area contributed by atoms with Gasteiger partial charge in [-0.05, 0) is 23.5 Å². The molecule has 0 bridgehead atoms. The van der Waals surface area contributed by atoms with Gasteiger partial charge in [0.15, 0.2) is 5.94 Å². The van der Waals surface area contributed by atoms with Crippen molar-refractivity contribution < 1.29 is 9.53 Å². The van der Waals surface area contributed by atoms with Gasteiger partial charge >= 0.3 is 5.30 Å². The molecule has 0 saturated heterocycles. The predicted molar refractivity (Wildman–Crippen MR) is 47.2 cm³/mol. The Labute approximate surface area is 73.8 Å². The van der Waals surface area contributed by atoms with Gasteiger partial charge in [0.1, 0.15) is 5.40 Å². The van der Waals surface area contributed by atoms with Crippen molar-refractivity contribution in [3.8, 4) is 5.40 Å². The number of thiocyanates is 1. The van der Waals surface area contributed by atoms with Crippen molar-refractivity contribution in [3.05, 3.63) is 12.7 Å². The lowest BCUT2D eigenvalue weighted by atomic mass is 10.8. The predicted octanol–water partition coefficient (Wildman–Crippen LogP) is 2.21. The average Bonchev–Trinajstić information content (AvgIpc) is 2.01. The first kappa shape index (κ1) is 10.4. The van der Waals surface area contributed by atoms with E-state index in [9.17, 15) is 4.79 Å². The van der Waals surface area contributed by atoms with Crippen LogP contribution in [0.4, 0.5) is 4.79 Å². The van der Waals surface area contributed by atoms with Crippen LogP contribution in [0.25, 0.3) is 0 Å². The molecule has 0 aromatic heterocycles. The normalized spacial score (nSPS) is 8.27. The van der Waals surface area contributed by atoms with Crippen LogP contribution in [0.15, 0.2) is 12.7 Å². The molecule has 0 unspecified atom stereocenters. The van der Waals surface area contributed by atoms with E-state index in [2.05, 4.69) is 11.3 Å². The number of hydrogen-bond donors (Lipinski definition) is 0. The van der Waals surface area contributed by atoms with Gasteiger partial charge in [0, 0.05) is 5.75 Å². The van der Waals surface area contributed by atoms with Crippen LogP contribution in [0.5, 0.6) is 0 Å². The summed E-state index contributed by atoms with van der Waals surface area (Å²) in [7, 11) is 0. The van der Waals surface area contributed by atoms with E-state index in [4.69, 9.17) is 5.26 Å². The van der Waals surface area contributed by atoms with Gasteiger partial charge in [-0.2, -0.15) is 5.26 Å². The Bertz CT molecular complexity index is 176. The molecule has 0 aromatic rings.